The smallest absolute Gasteiger partial charge is 0.313 e. The molecule has 1 fully saturated rings. The van der Waals surface area contributed by atoms with Gasteiger partial charge in [-0.3, -0.25) is 9.59 Å². The number of benzene rings is 3. The molecule has 1 saturated heterocycles. The zero-order valence-electron chi connectivity index (χ0n) is 18.5. The van der Waals surface area contributed by atoms with Crippen molar-refractivity contribution in [3.8, 4) is 5.75 Å². The van der Waals surface area contributed by atoms with Gasteiger partial charge < -0.3 is 15.0 Å². The second-order valence-corrected chi connectivity index (χ2v) is 11.8. The number of rotatable bonds is 5. The van der Waals surface area contributed by atoms with Gasteiger partial charge in [0, 0.05) is 40.6 Å². The monoisotopic (exact) mass is 620 g/mol. The van der Waals surface area contributed by atoms with Crippen LogP contribution in [-0.4, -0.2) is 44.3 Å². The summed E-state index contributed by atoms with van der Waals surface area (Å²) in [5, 5.41) is 2.55. The first-order chi connectivity index (χ1) is 16.7. The van der Waals surface area contributed by atoms with E-state index < -0.39 is 21.7 Å². The maximum absolute atomic E-state index is 12.8. The lowest BCUT2D eigenvalue weighted by molar-refractivity contribution is -0.144. The number of nitrogens with one attached hydrogen (secondary N) is 1. The first-order valence-corrected chi connectivity index (χ1v) is 13.9. The summed E-state index contributed by atoms with van der Waals surface area (Å²) in [5.41, 5.74) is 0.339. The molecule has 35 heavy (non-hydrogen) atoms. The van der Waals surface area contributed by atoms with Crippen LogP contribution in [0.15, 0.2) is 91.5 Å². The van der Waals surface area contributed by atoms with Crippen molar-refractivity contribution in [2.45, 2.75) is 28.7 Å². The van der Waals surface area contributed by atoms with Crippen molar-refractivity contribution in [1.29, 1.82) is 0 Å². The topological polar surface area (TPSA) is 92.8 Å². The lowest BCUT2D eigenvalue weighted by Crippen LogP contribution is -2.46. The molecule has 1 aliphatic rings. The molecular weight excluding hydrogens is 600 g/mol. The van der Waals surface area contributed by atoms with Crippen molar-refractivity contribution >= 4 is 59.2 Å². The quantitative estimate of drug-likeness (QED) is 0.403. The van der Waals surface area contributed by atoms with Gasteiger partial charge in [0.25, 0.3) is 0 Å². The average Bonchev–Trinajstić information content (AvgIpc) is 2.86. The second-order valence-electron chi connectivity index (χ2n) is 8.00. The molecule has 10 heteroatoms. The fraction of sp³-hybridized carbons (Fsp3) is 0.200. The lowest BCUT2D eigenvalue weighted by Gasteiger charge is -2.31. The molecule has 0 aliphatic carbocycles. The van der Waals surface area contributed by atoms with Crippen LogP contribution < -0.4 is 10.1 Å². The fourth-order valence-corrected chi connectivity index (χ4v) is 5.47. The fourth-order valence-electron chi connectivity index (χ4n) is 3.68. The summed E-state index contributed by atoms with van der Waals surface area (Å²) >= 11 is 6.68. The Hall–Kier alpha value is -2.69. The van der Waals surface area contributed by atoms with Gasteiger partial charge in [0.05, 0.1) is 9.79 Å². The zero-order valence-corrected chi connectivity index (χ0v) is 22.5. The van der Waals surface area contributed by atoms with E-state index in [0.717, 1.165) is 14.7 Å². The van der Waals surface area contributed by atoms with Crippen molar-refractivity contribution in [3.05, 3.63) is 81.7 Å². The summed E-state index contributed by atoms with van der Waals surface area (Å²) in [6.45, 7) is 0.829. The van der Waals surface area contributed by atoms with Gasteiger partial charge in [0.2, 0.25) is 9.84 Å². The third kappa shape index (κ3) is 6.31. The van der Waals surface area contributed by atoms with Gasteiger partial charge in [-0.25, -0.2) is 8.42 Å². The van der Waals surface area contributed by atoms with Gasteiger partial charge in [0.1, 0.15) is 11.9 Å². The third-order valence-electron chi connectivity index (χ3n) is 5.59. The number of ether oxygens (including phenoxy) is 1. The Labute approximate surface area is 220 Å². The molecule has 4 rings (SSSR count). The van der Waals surface area contributed by atoms with Crippen LogP contribution >= 0.6 is 31.9 Å². The van der Waals surface area contributed by atoms with Gasteiger partial charge in [-0.1, -0.05) is 31.9 Å². The molecule has 2 amide bonds. The summed E-state index contributed by atoms with van der Waals surface area (Å²) < 4.78 is 33.3. The van der Waals surface area contributed by atoms with Gasteiger partial charge >= 0.3 is 11.8 Å². The van der Waals surface area contributed by atoms with Crippen LogP contribution in [0.2, 0.25) is 0 Å². The highest BCUT2D eigenvalue weighted by atomic mass is 79.9. The largest absolute Gasteiger partial charge is 0.490 e. The highest BCUT2D eigenvalue weighted by molar-refractivity contribution is 9.10. The molecule has 0 saturated carbocycles. The Kier molecular flexibility index (Phi) is 7.93. The predicted molar refractivity (Wildman–Crippen MR) is 139 cm³/mol. The van der Waals surface area contributed by atoms with Crippen molar-refractivity contribution in [2.24, 2.45) is 0 Å². The SMILES string of the molecule is O=C(Nc1ccc(S(=O)(=O)c2ccc(Br)cc2)cc1)C(=O)N1CCC(Oc2ccc(Br)cc2)CC1. The molecule has 182 valence electrons. The standard InChI is InChI=1S/C25H22Br2N2O5S/c26-17-1-7-20(8-2-17)34-21-13-15-29(16-14-21)25(31)24(30)28-19-5-11-23(12-6-19)35(32,33)22-9-3-18(27)4-10-22/h1-12,21H,13-16H2,(H,28,30). The van der Waals surface area contributed by atoms with E-state index in [1.807, 2.05) is 24.3 Å². The Morgan fingerprint density at radius 2 is 1.29 bits per heavy atom. The molecule has 3 aromatic rings. The van der Waals surface area contributed by atoms with Crippen LogP contribution in [0.3, 0.4) is 0 Å². The van der Waals surface area contributed by atoms with Gasteiger partial charge in [-0.2, -0.15) is 0 Å². The summed E-state index contributed by atoms with van der Waals surface area (Å²) in [7, 11) is -3.69. The highest BCUT2D eigenvalue weighted by Crippen LogP contribution is 2.24. The molecule has 0 unspecified atom stereocenters. The Balaban J connectivity index is 1.31. The Morgan fingerprint density at radius 3 is 1.83 bits per heavy atom. The molecule has 0 aromatic heterocycles. The molecule has 0 spiro atoms. The lowest BCUT2D eigenvalue weighted by atomic mass is 10.1. The van der Waals surface area contributed by atoms with Crippen molar-refractivity contribution in [3.63, 3.8) is 0 Å². The normalized spacial score (nSPS) is 14.4. The molecule has 0 bridgehead atoms. The van der Waals surface area contributed by atoms with Crippen LogP contribution in [0.25, 0.3) is 0 Å². The van der Waals surface area contributed by atoms with E-state index in [4.69, 9.17) is 4.74 Å². The number of nitrogens with zero attached hydrogens (tertiary/aromatic N) is 1. The van der Waals surface area contributed by atoms with Gasteiger partial charge in [0.15, 0.2) is 0 Å². The zero-order chi connectivity index (χ0) is 25.0. The molecule has 1 heterocycles. The molecular formula is C25H22Br2N2O5S. The maximum Gasteiger partial charge on any atom is 0.313 e. The van der Waals surface area contributed by atoms with E-state index in [0.29, 0.717) is 31.6 Å². The van der Waals surface area contributed by atoms with Gasteiger partial charge in [-0.15, -0.1) is 0 Å². The van der Waals surface area contributed by atoms with E-state index in [1.54, 1.807) is 12.1 Å². The number of hydrogen-bond donors (Lipinski definition) is 1. The number of halogens is 2. The molecule has 1 aliphatic heterocycles. The van der Waals surface area contributed by atoms with Crippen molar-refractivity contribution < 1.29 is 22.7 Å². The van der Waals surface area contributed by atoms with Crippen LogP contribution in [0, 0.1) is 0 Å². The summed E-state index contributed by atoms with van der Waals surface area (Å²) in [5.74, 6) is -0.624. The van der Waals surface area contributed by atoms with Crippen molar-refractivity contribution in [1.82, 2.24) is 4.90 Å². The minimum Gasteiger partial charge on any atom is -0.490 e. The molecule has 1 N–H and O–H groups in total. The number of carbonyl (C=O) groups excluding carboxylic acids is 2. The number of likely N-dealkylation sites (tertiary alicyclic amines) is 1. The number of amides is 2. The average molecular weight is 622 g/mol. The van der Waals surface area contributed by atoms with Crippen LogP contribution in [0.5, 0.6) is 5.75 Å². The minimum absolute atomic E-state index is 0.0245. The number of anilines is 1. The number of piperidine rings is 1. The van der Waals surface area contributed by atoms with Crippen LogP contribution in [-0.2, 0) is 19.4 Å². The molecule has 0 radical (unpaired) electrons. The predicted octanol–water partition coefficient (Wildman–Crippen LogP) is 5.05. The number of sulfone groups is 1. The summed E-state index contributed by atoms with van der Waals surface area (Å²) in [6.07, 6.45) is 1.22. The number of hydrogen-bond acceptors (Lipinski definition) is 5. The van der Waals surface area contributed by atoms with Gasteiger partial charge in [-0.05, 0) is 72.8 Å². The third-order valence-corrected chi connectivity index (χ3v) is 8.43. The second kappa shape index (κ2) is 10.9. The number of carbonyl (C=O) groups is 2. The minimum atomic E-state index is -3.69. The van der Waals surface area contributed by atoms with Crippen LogP contribution in [0.4, 0.5) is 5.69 Å². The van der Waals surface area contributed by atoms with Crippen LogP contribution in [0.1, 0.15) is 12.8 Å². The van der Waals surface area contributed by atoms with E-state index in [1.165, 1.54) is 41.3 Å². The first kappa shape index (κ1) is 25.4. The Bertz CT molecular complexity index is 1300. The van der Waals surface area contributed by atoms with Crippen molar-refractivity contribution in [2.75, 3.05) is 18.4 Å². The first-order valence-electron chi connectivity index (χ1n) is 10.9. The summed E-state index contributed by atoms with van der Waals surface area (Å²) in [4.78, 5) is 26.9. The molecule has 7 nitrogen and oxygen atoms in total. The summed E-state index contributed by atoms with van der Waals surface area (Å²) in [6, 6.07) is 19.7. The van der Waals surface area contributed by atoms with E-state index in [2.05, 4.69) is 37.2 Å². The van der Waals surface area contributed by atoms with E-state index in [-0.39, 0.29) is 15.9 Å². The molecule has 3 aromatic carbocycles. The maximum atomic E-state index is 12.8. The highest BCUT2D eigenvalue weighted by Gasteiger charge is 2.28. The van der Waals surface area contributed by atoms with E-state index >= 15 is 0 Å². The molecule has 0 atom stereocenters. The Morgan fingerprint density at radius 1 is 0.800 bits per heavy atom. The van der Waals surface area contributed by atoms with E-state index in [9.17, 15) is 18.0 Å².